The molecule has 0 aliphatic carbocycles. The third kappa shape index (κ3) is 1.63. The van der Waals surface area contributed by atoms with Crippen LogP contribution in [0.3, 0.4) is 0 Å². The molecule has 1 heterocycles. The standard InChI is InChI=1S/C12H15N3O2/c1-7(2)15-10-5-4-8(13)6-9(10)11(16)14(3)12(15)17/h4-7H,13H2,1-3H3. The molecule has 0 aliphatic heterocycles. The second kappa shape index (κ2) is 3.76. The lowest BCUT2D eigenvalue weighted by atomic mass is 10.2. The van der Waals surface area contributed by atoms with Crippen LogP contribution < -0.4 is 17.0 Å². The van der Waals surface area contributed by atoms with Crippen molar-refractivity contribution in [2.75, 3.05) is 5.73 Å². The highest BCUT2D eigenvalue weighted by atomic mass is 16.2. The zero-order chi connectivity index (χ0) is 12.7. The average molecular weight is 233 g/mol. The van der Waals surface area contributed by atoms with Crippen molar-refractivity contribution in [3.05, 3.63) is 39.0 Å². The summed E-state index contributed by atoms with van der Waals surface area (Å²) in [6, 6.07) is 5.00. The van der Waals surface area contributed by atoms with Gasteiger partial charge in [-0.25, -0.2) is 4.79 Å². The monoisotopic (exact) mass is 233 g/mol. The molecule has 5 nitrogen and oxygen atoms in total. The van der Waals surface area contributed by atoms with Gasteiger partial charge in [0.15, 0.2) is 0 Å². The number of nitrogens with two attached hydrogens (primary N) is 1. The molecular weight excluding hydrogens is 218 g/mol. The van der Waals surface area contributed by atoms with Gasteiger partial charge in [0.05, 0.1) is 10.9 Å². The van der Waals surface area contributed by atoms with E-state index in [0.717, 1.165) is 4.57 Å². The number of aromatic nitrogens is 2. The first kappa shape index (κ1) is 11.4. The highest BCUT2D eigenvalue weighted by molar-refractivity contribution is 5.81. The molecule has 0 aliphatic rings. The zero-order valence-electron chi connectivity index (χ0n) is 10.1. The summed E-state index contributed by atoms with van der Waals surface area (Å²) in [7, 11) is 1.48. The van der Waals surface area contributed by atoms with Crippen molar-refractivity contribution in [2.24, 2.45) is 7.05 Å². The lowest BCUT2D eigenvalue weighted by Gasteiger charge is -2.15. The number of fused-ring (bicyclic) bond motifs is 1. The Labute approximate surface area is 98.1 Å². The fraction of sp³-hybridized carbons (Fsp3) is 0.333. The van der Waals surface area contributed by atoms with Gasteiger partial charge in [0.1, 0.15) is 0 Å². The van der Waals surface area contributed by atoms with Crippen LogP contribution in [-0.2, 0) is 7.05 Å². The first-order chi connectivity index (χ1) is 7.93. The Balaban J connectivity index is 3.10. The molecule has 1 aromatic heterocycles. The number of nitrogen functional groups attached to an aromatic ring is 1. The Bertz CT molecular complexity index is 695. The maximum atomic E-state index is 12.0. The lowest BCUT2D eigenvalue weighted by Crippen LogP contribution is -2.38. The van der Waals surface area contributed by atoms with Crippen molar-refractivity contribution in [2.45, 2.75) is 19.9 Å². The molecule has 90 valence electrons. The molecule has 5 heteroatoms. The summed E-state index contributed by atoms with van der Waals surface area (Å²) in [5.74, 6) is 0. The molecule has 0 amide bonds. The van der Waals surface area contributed by atoms with Crippen LogP contribution in [0.2, 0.25) is 0 Å². The molecule has 2 rings (SSSR count). The molecule has 0 atom stereocenters. The number of hydrogen-bond donors (Lipinski definition) is 1. The van der Waals surface area contributed by atoms with Crippen molar-refractivity contribution in [3.8, 4) is 0 Å². The molecule has 0 radical (unpaired) electrons. The van der Waals surface area contributed by atoms with E-state index in [-0.39, 0.29) is 17.3 Å². The van der Waals surface area contributed by atoms with Crippen molar-refractivity contribution >= 4 is 16.6 Å². The van der Waals surface area contributed by atoms with Gasteiger partial charge in [-0.1, -0.05) is 0 Å². The predicted molar refractivity (Wildman–Crippen MR) is 68.2 cm³/mol. The highest BCUT2D eigenvalue weighted by Crippen LogP contribution is 2.15. The first-order valence-electron chi connectivity index (χ1n) is 5.44. The summed E-state index contributed by atoms with van der Waals surface area (Å²) in [6.07, 6.45) is 0. The van der Waals surface area contributed by atoms with E-state index in [1.807, 2.05) is 13.8 Å². The van der Waals surface area contributed by atoms with Gasteiger partial charge in [0.25, 0.3) is 5.56 Å². The molecule has 0 unspecified atom stereocenters. The minimum absolute atomic E-state index is 0.0135. The smallest absolute Gasteiger partial charge is 0.331 e. The van der Waals surface area contributed by atoms with Crippen LogP contribution in [0.1, 0.15) is 19.9 Å². The molecule has 0 bridgehead atoms. The topological polar surface area (TPSA) is 70.0 Å². The van der Waals surface area contributed by atoms with Gasteiger partial charge in [-0.3, -0.25) is 13.9 Å². The summed E-state index contributed by atoms with van der Waals surface area (Å²) < 4.78 is 2.71. The van der Waals surface area contributed by atoms with Crippen LogP contribution in [0.5, 0.6) is 0 Å². The third-order valence-corrected chi connectivity index (χ3v) is 2.82. The van der Waals surface area contributed by atoms with E-state index in [4.69, 9.17) is 5.73 Å². The van der Waals surface area contributed by atoms with Crippen LogP contribution in [0, 0.1) is 0 Å². The van der Waals surface area contributed by atoms with E-state index >= 15 is 0 Å². The molecular formula is C12H15N3O2. The van der Waals surface area contributed by atoms with E-state index < -0.39 is 0 Å². The maximum Gasteiger partial charge on any atom is 0.331 e. The van der Waals surface area contributed by atoms with Crippen molar-refractivity contribution in [1.29, 1.82) is 0 Å². The molecule has 0 fully saturated rings. The molecule has 0 spiro atoms. The van der Waals surface area contributed by atoms with Gasteiger partial charge in [-0.2, -0.15) is 0 Å². The normalized spacial score (nSPS) is 11.3. The Hall–Kier alpha value is -2.04. The first-order valence-corrected chi connectivity index (χ1v) is 5.44. The average Bonchev–Trinajstić information content (AvgIpc) is 2.27. The Kier molecular flexibility index (Phi) is 2.53. The predicted octanol–water partition coefficient (Wildman–Crippen LogP) is 0.863. The van der Waals surface area contributed by atoms with Crippen LogP contribution in [0.15, 0.2) is 27.8 Å². The third-order valence-electron chi connectivity index (χ3n) is 2.82. The number of hydrogen-bond acceptors (Lipinski definition) is 3. The molecule has 17 heavy (non-hydrogen) atoms. The number of benzene rings is 1. The van der Waals surface area contributed by atoms with Gasteiger partial charge in [0, 0.05) is 18.8 Å². The largest absolute Gasteiger partial charge is 0.399 e. The Morgan fingerprint density at radius 2 is 1.88 bits per heavy atom. The van der Waals surface area contributed by atoms with E-state index in [0.29, 0.717) is 16.6 Å². The number of nitrogens with zero attached hydrogens (tertiary/aromatic N) is 2. The molecule has 0 saturated carbocycles. The second-order valence-corrected chi connectivity index (χ2v) is 4.39. The van der Waals surface area contributed by atoms with Gasteiger partial charge < -0.3 is 5.73 Å². The van der Waals surface area contributed by atoms with Gasteiger partial charge >= 0.3 is 5.69 Å². The zero-order valence-corrected chi connectivity index (χ0v) is 10.1. The van der Waals surface area contributed by atoms with Gasteiger partial charge in [0.2, 0.25) is 0 Å². The number of rotatable bonds is 1. The van der Waals surface area contributed by atoms with Gasteiger partial charge in [-0.05, 0) is 32.0 Å². The minimum Gasteiger partial charge on any atom is -0.399 e. The van der Waals surface area contributed by atoms with Crippen LogP contribution in [0.4, 0.5) is 5.69 Å². The molecule has 2 N–H and O–H groups in total. The van der Waals surface area contributed by atoms with Crippen LogP contribution in [-0.4, -0.2) is 9.13 Å². The van der Waals surface area contributed by atoms with Crippen molar-refractivity contribution in [3.63, 3.8) is 0 Å². The number of anilines is 1. The fourth-order valence-corrected chi connectivity index (χ4v) is 1.97. The highest BCUT2D eigenvalue weighted by Gasteiger charge is 2.12. The molecule has 0 saturated heterocycles. The second-order valence-electron chi connectivity index (χ2n) is 4.39. The SMILES string of the molecule is CC(C)n1c(=O)n(C)c(=O)c2cc(N)ccc21. The van der Waals surface area contributed by atoms with Crippen molar-refractivity contribution < 1.29 is 0 Å². The van der Waals surface area contributed by atoms with Gasteiger partial charge in [-0.15, -0.1) is 0 Å². The molecule has 1 aromatic carbocycles. The quantitative estimate of drug-likeness (QED) is 0.743. The van der Waals surface area contributed by atoms with Crippen LogP contribution >= 0.6 is 0 Å². The minimum atomic E-state index is -0.311. The summed E-state index contributed by atoms with van der Waals surface area (Å²) in [5.41, 5.74) is 6.20. The Morgan fingerprint density at radius 3 is 2.47 bits per heavy atom. The van der Waals surface area contributed by atoms with Crippen LogP contribution in [0.25, 0.3) is 10.9 Å². The Morgan fingerprint density at radius 1 is 1.24 bits per heavy atom. The van der Waals surface area contributed by atoms with E-state index in [1.54, 1.807) is 22.8 Å². The molecule has 2 aromatic rings. The lowest BCUT2D eigenvalue weighted by molar-refractivity contribution is 0.556. The maximum absolute atomic E-state index is 12.0. The summed E-state index contributed by atoms with van der Waals surface area (Å²) in [5, 5.41) is 0.473. The van der Waals surface area contributed by atoms with E-state index in [2.05, 4.69) is 0 Å². The summed E-state index contributed by atoms with van der Waals surface area (Å²) >= 11 is 0. The van der Waals surface area contributed by atoms with E-state index in [1.165, 1.54) is 7.05 Å². The van der Waals surface area contributed by atoms with Crippen molar-refractivity contribution in [1.82, 2.24) is 9.13 Å². The van der Waals surface area contributed by atoms with E-state index in [9.17, 15) is 9.59 Å². The fourth-order valence-electron chi connectivity index (χ4n) is 1.97. The summed E-state index contributed by atoms with van der Waals surface area (Å²) in [6.45, 7) is 3.81. The summed E-state index contributed by atoms with van der Waals surface area (Å²) in [4.78, 5) is 24.0.